The molecule has 0 saturated carbocycles. The summed E-state index contributed by atoms with van der Waals surface area (Å²) < 4.78 is 33.7. The van der Waals surface area contributed by atoms with Gasteiger partial charge in [-0.05, 0) is 55.8 Å². The highest BCUT2D eigenvalue weighted by molar-refractivity contribution is 7.93. The quantitative estimate of drug-likeness (QED) is 0.376. The molecule has 0 bridgehead atoms. The van der Waals surface area contributed by atoms with Crippen molar-refractivity contribution >= 4 is 62.1 Å². The maximum atomic E-state index is 13.7. The Morgan fingerprint density at radius 1 is 0.909 bits per heavy atom. The molecule has 0 atom stereocenters. The summed E-state index contributed by atoms with van der Waals surface area (Å²) in [7, 11) is -2.79. The molecular weight excluding hydrogens is 507 g/mol. The van der Waals surface area contributed by atoms with Gasteiger partial charge in [0.25, 0.3) is 10.0 Å². The highest BCUT2D eigenvalue weighted by atomic mass is 35.5. The number of ether oxygens (including phenoxy) is 1. The number of anilines is 2. The molecule has 0 saturated heterocycles. The normalized spacial score (nSPS) is 11.2. The van der Waals surface area contributed by atoms with Crippen molar-refractivity contribution in [2.45, 2.75) is 18.7 Å². The minimum atomic E-state index is -4.18. The minimum absolute atomic E-state index is 0.0501. The third-order valence-electron chi connectivity index (χ3n) is 4.78. The molecule has 1 amide bonds. The lowest BCUT2D eigenvalue weighted by Gasteiger charge is -2.25. The zero-order valence-electron chi connectivity index (χ0n) is 18.0. The Kier molecular flexibility index (Phi) is 7.80. The van der Waals surface area contributed by atoms with Crippen molar-refractivity contribution < 1.29 is 17.9 Å². The fourth-order valence-electron chi connectivity index (χ4n) is 3.07. The number of carbonyl (C=O) groups is 1. The van der Waals surface area contributed by atoms with E-state index in [1.54, 1.807) is 43.3 Å². The maximum Gasteiger partial charge on any atom is 0.268 e. The average Bonchev–Trinajstić information content (AvgIpc) is 2.76. The van der Waals surface area contributed by atoms with Crippen molar-refractivity contribution in [2.24, 2.45) is 0 Å². The van der Waals surface area contributed by atoms with Crippen molar-refractivity contribution in [2.75, 3.05) is 23.3 Å². The number of aryl methyl sites for hydroxylation is 2. The Morgan fingerprint density at radius 2 is 1.52 bits per heavy atom. The highest BCUT2D eigenvalue weighted by Gasteiger charge is 2.30. The zero-order valence-corrected chi connectivity index (χ0v) is 21.1. The number of halogens is 3. The summed E-state index contributed by atoms with van der Waals surface area (Å²) in [6, 6.07) is 14.4. The predicted octanol–water partition coefficient (Wildman–Crippen LogP) is 6.11. The van der Waals surface area contributed by atoms with Gasteiger partial charge in [0, 0.05) is 0 Å². The van der Waals surface area contributed by atoms with Crippen LogP contribution in [-0.4, -0.2) is 28.0 Å². The molecule has 0 radical (unpaired) electrons. The number of carbonyl (C=O) groups excluding carboxylic acids is 1. The number of amides is 1. The number of rotatable bonds is 7. The fraction of sp³-hybridized carbons (Fsp3) is 0.174. The summed E-state index contributed by atoms with van der Waals surface area (Å²) >= 11 is 18.1. The molecule has 0 heterocycles. The number of sulfonamides is 1. The SMILES string of the molecule is COc1ccc(C)cc1S(=O)(=O)N(CC(=O)Nc1cc(Cl)c(Cl)cc1Cl)c1ccc(C)cc1. The summed E-state index contributed by atoms with van der Waals surface area (Å²) in [4.78, 5) is 12.9. The van der Waals surface area contributed by atoms with E-state index in [1.807, 2.05) is 6.92 Å². The molecule has 10 heteroatoms. The maximum absolute atomic E-state index is 13.7. The van der Waals surface area contributed by atoms with Gasteiger partial charge in [-0.3, -0.25) is 9.10 Å². The Bertz CT molecular complexity index is 1300. The van der Waals surface area contributed by atoms with Gasteiger partial charge >= 0.3 is 0 Å². The molecular formula is C23H21Cl3N2O4S. The van der Waals surface area contributed by atoms with E-state index < -0.39 is 22.5 Å². The molecule has 0 aliphatic heterocycles. The van der Waals surface area contributed by atoms with Crippen molar-refractivity contribution in [3.8, 4) is 5.75 Å². The first-order chi connectivity index (χ1) is 15.5. The topological polar surface area (TPSA) is 75.7 Å². The number of hydrogen-bond donors (Lipinski definition) is 1. The molecule has 0 fully saturated rings. The number of methoxy groups -OCH3 is 1. The van der Waals surface area contributed by atoms with E-state index in [4.69, 9.17) is 39.5 Å². The Balaban J connectivity index is 2.02. The standard InChI is InChI=1S/C23H21Cl3N2O4S/c1-14-4-7-16(8-5-14)28(33(30,31)22-10-15(2)6-9-21(22)32-3)13-23(29)27-20-12-18(25)17(24)11-19(20)26/h4-12H,13H2,1-3H3,(H,27,29). The van der Waals surface area contributed by atoms with Crippen molar-refractivity contribution in [3.63, 3.8) is 0 Å². The number of benzene rings is 3. The van der Waals surface area contributed by atoms with E-state index in [2.05, 4.69) is 5.32 Å². The molecule has 33 heavy (non-hydrogen) atoms. The first-order valence-corrected chi connectivity index (χ1v) is 12.3. The van der Waals surface area contributed by atoms with Crippen molar-refractivity contribution in [1.29, 1.82) is 0 Å². The first-order valence-electron chi connectivity index (χ1n) is 9.71. The van der Waals surface area contributed by atoms with E-state index in [-0.39, 0.29) is 31.4 Å². The molecule has 174 valence electrons. The van der Waals surface area contributed by atoms with E-state index in [0.29, 0.717) is 5.69 Å². The van der Waals surface area contributed by atoms with Gasteiger partial charge in [-0.2, -0.15) is 0 Å². The molecule has 0 aliphatic rings. The van der Waals surface area contributed by atoms with Gasteiger partial charge in [-0.25, -0.2) is 8.42 Å². The van der Waals surface area contributed by atoms with Crippen LogP contribution in [0.5, 0.6) is 5.75 Å². The lowest BCUT2D eigenvalue weighted by atomic mass is 10.2. The second kappa shape index (κ2) is 10.2. The average molecular weight is 528 g/mol. The van der Waals surface area contributed by atoms with Crippen LogP contribution in [0.2, 0.25) is 15.1 Å². The predicted molar refractivity (Wildman–Crippen MR) is 134 cm³/mol. The van der Waals surface area contributed by atoms with Gasteiger partial charge in [0.2, 0.25) is 5.91 Å². The Morgan fingerprint density at radius 3 is 2.15 bits per heavy atom. The van der Waals surface area contributed by atoms with Crippen LogP contribution in [0.15, 0.2) is 59.5 Å². The van der Waals surface area contributed by atoms with Gasteiger partial charge in [-0.15, -0.1) is 0 Å². The molecule has 3 rings (SSSR count). The van der Waals surface area contributed by atoms with Gasteiger partial charge in [0.15, 0.2) is 0 Å². The monoisotopic (exact) mass is 526 g/mol. The van der Waals surface area contributed by atoms with Crippen LogP contribution in [0.4, 0.5) is 11.4 Å². The number of nitrogens with zero attached hydrogens (tertiary/aromatic N) is 1. The summed E-state index contributed by atoms with van der Waals surface area (Å²) in [5, 5.41) is 3.20. The van der Waals surface area contributed by atoms with Crippen LogP contribution in [-0.2, 0) is 14.8 Å². The zero-order chi connectivity index (χ0) is 24.3. The molecule has 0 aliphatic carbocycles. The van der Waals surface area contributed by atoms with Gasteiger partial charge in [0.1, 0.15) is 17.2 Å². The highest BCUT2D eigenvalue weighted by Crippen LogP contribution is 2.33. The second-order valence-corrected chi connectivity index (χ2v) is 10.3. The third-order valence-corrected chi connectivity index (χ3v) is 7.61. The van der Waals surface area contributed by atoms with Crippen LogP contribution < -0.4 is 14.4 Å². The van der Waals surface area contributed by atoms with Gasteiger partial charge in [0.05, 0.1) is 33.6 Å². The van der Waals surface area contributed by atoms with Crippen LogP contribution in [0.3, 0.4) is 0 Å². The molecule has 0 aromatic heterocycles. The molecule has 3 aromatic carbocycles. The minimum Gasteiger partial charge on any atom is -0.495 e. The summed E-state index contributed by atoms with van der Waals surface area (Å²) in [5.74, 6) is -0.447. The van der Waals surface area contributed by atoms with Crippen LogP contribution in [0.25, 0.3) is 0 Å². The molecule has 0 spiro atoms. The second-order valence-electron chi connectivity index (χ2n) is 7.30. The molecule has 6 nitrogen and oxygen atoms in total. The Labute approximate surface area is 208 Å². The summed E-state index contributed by atoms with van der Waals surface area (Å²) in [6.45, 7) is 3.14. The lowest BCUT2D eigenvalue weighted by Crippen LogP contribution is -2.38. The number of hydrogen-bond acceptors (Lipinski definition) is 4. The third kappa shape index (κ3) is 5.73. The molecule has 3 aromatic rings. The molecule has 1 N–H and O–H groups in total. The summed E-state index contributed by atoms with van der Waals surface area (Å²) in [5.41, 5.74) is 2.20. The number of nitrogens with one attached hydrogen (secondary N) is 1. The van der Waals surface area contributed by atoms with Crippen LogP contribution in [0, 0.1) is 13.8 Å². The van der Waals surface area contributed by atoms with E-state index in [9.17, 15) is 13.2 Å². The largest absolute Gasteiger partial charge is 0.495 e. The first kappa shape index (κ1) is 25.2. The van der Waals surface area contributed by atoms with Crippen LogP contribution >= 0.6 is 34.8 Å². The van der Waals surface area contributed by atoms with E-state index >= 15 is 0 Å². The van der Waals surface area contributed by atoms with E-state index in [1.165, 1.54) is 25.3 Å². The lowest BCUT2D eigenvalue weighted by molar-refractivity contribution is -0.114. The van der Waals surface area contributed by atoms with Crippen molar-refractivity contribution in [3.05, 3.63) is 80.8 Å². The van der Waals surface area contributed by atoms with Gasteiger partial charge < -0.3 is 10.1 Å². The van der Waals surface area contributed by atoms with Crippen LogP contribution in [0.1, 0.15) is 11.1 Å². The van der Waals surface area contributed by atoms with E-state index in [0.717, 1.165) is 15.4 Å². The Hall–Kier alpha value is -2.45. The summed E-state index contributed by atoms with van der Waals surface area (Å²) in [6.07, 6.45) is 0. The van der Waals surface area contributed by atoms with Crippen molar-refractivity contribution in [1.82, 2.24) is 0 Å². The smallest absolute Gasteiger partial charge is 0.268 e. The van der Waals surface area contributed by atoms with Gasteiger partial charge in [-0.1, -0.05) is 58.6 Å². The fourth-order valence-corrected chi connectivity index (χ4v) is 5.33. The molecule has 0 unspecified atom stereocenters.